The molecule has 2 aromatic rings. The maximum atomic E-state index is 11.4. The fourth-order valence-corrected chi connectivity index (χ4v) is 6.17. The van der Waals surface area contributed by atoms with Crippen LogP contribution in [-0.4, -0.2) is 50.3 Å². The fraction of sp³-hybridized carbons (Fsp3) is 0.529. The van der Waals surface area contributed by atoms with Crippen molar-refractivity contribution in [2.45, 2.75) is 25.2 Å². The maximum Gasteiger partial charge on any atom is 0.471 e. The first kappa shape index (κ1) is 17.7. The van der Waals surface area contributed by atoms with Crippen LogP contribution in [0.4, 0.5) is 0 Å². The van der Waals surface area contributed by atoms with Crippen LogP contribution in [0, 0.1) is 17.8 Å². The molecule has 3 saturated heterocycles. The van der Waals surface area contributed by atoms with Gasteiger partial charge >= 0.3 is 7.82 Å². The van der Waals surface area contributed by atoms with Gasteiger partial charge in [0.05, 0.1) is 0 Å². The minimum absolute atomic E-state index is 0.0760. The van der Waals surface area contributed by atoms with Gasteiger partial charge in [-0.3, -0.25) is 9.42 Å². The van der Waals surface area contributed by atoms with E-state index in [9.17, 15) is 14.4 Å². The molecule has 8 nitrogen and oxygen atoms in total. The van der Waals surface area contributed by atoms with Gasteiger partial charge in [0, 0.05) is 30.5 Å². The van der Waals surface area contributed by atoms with Crippen molar-refractivity contribution in [3.05, 3.63) is 30.3 Å². The lowest BCUT2D eigenvalue weighted by Gasteiger charge is -2.58. The van der Waals surface area contributed by atoms with Crippen molar-refractivity contribution in [1.82, 2.24) is 15.1 Å². The normalized spacial score (nSPS) is 34.7. The van der Waals surface area contributed by atoms with Crippen LogP contribution in [-0.2, 0) is 9.09 Å². The van der Waals surface area contributed by atoms with Crippen molar-refractivity contribution in [1.29, 1.82) is 0 Å². The van der Waals surface area contributed by atoms with E-state index in [1.807, 2.05) is 30.3 Å². The molecule has 1 aromatic carbocycles. The van der Waals surface area contributed by atoms with Gasteiger partial charge in [-0.05, 0) is 18.8 Å². The second-order valence-electron chi connectivity index (χ2n) is 7.52. The van der Waals surface area contributed by atoms with Crippen LogP contribution in [0.25, 0.3) is 10.6 Å². The molecule has 4 aliphatic rings. The summed E-state index contributed by atoms with van der Waals surface area (Å²) in [6, 6.07) is 9.81. The molecule has 3 aliphatic heterocycles. The molecule has 4 bridgehead atoms. The summed E-state index contributed by atoms with van der Waals surface area (Å²) in [6.07, 6.45) is 1.16. The van der Waals surface area contributed by atoms with Crippen LogP contribution in [0.1, 0.15) is 12.8 Å². The molecule has 4 unspecified atom stereocenters. The third-order valence-corrected chi connectivity index (χ3v) is 7.08. The van der Waals surface area contributed by atoms with Gasteiger partial charge in [-0.25, -0.2) is 4.57 Å². The molecule has 4 heterocycles. The molecule has 0 spiro atoms. The third-order valence-electron chi connectivity index (χ3n) is 5.73. The summed E-state index contributed by atoms with van der Waals surface area (Å²) in [4.78, 5) is 20.7. The smallest absolute Gasteiger partial charge is 0.465 e. The molecule has 2 N–H and O–H groups in total. The van der Waals surface area contributed by atoms with Gasteiger partial charge < -0.3 is 14.5 Å². The van der Waals surface area contributed by atoms with E-state index in [1.54, 1.807) is 0 Å². The third kappa shape index (κ3) is 3.44. The van der Waals surface area contributed by atoms with Gasteiger partial charge in [0.15, 0.2) is 5.01 Å². The lowest BCUT2D eigenvalue weighted by atomic mass is 9.65. The van der Waals surface area contributed by atoms with Crippen LogP contribution in [0.5, 0.6) is 5.19 Å². The highest BCUT2D eigenvalue weighted by atomic mass is 32.1. The Hall–Kier alpha value is -1.35. The number of phosphoric acid groups is 1. The number of ether oxygens (including phenoxy) is 1. The summed E-state index contributed by atoms with van der Waals surface area (Å²) in [5, 5.41) is 9.70. The Morgan fingerprint density at radius 3 is 2.74 bits per heavy atom. The first-order valence-corrected chi connectivity index (χ1v) is 11.3. The predicted octanol–water partition coefficient (Wildman–Crippen LogP) is 2.36. The highest BCUT2D eigenvalue weighted by molar-refractivity contribution is 7.46. The highest BCUT2D eigenvalue weighted by Gasteiger charge is 2.56. The monoisotopic (exact) mass is 409 g/mol. The second kappa shape index (κ2) is 6.62. The molecular formula is C17H20N3O5PS. The topological polar surface area (TPSA) is 105 Å². The number of hydrogen-bond acceptors (Lipinski definition) is 7. The first-order chi connectivity index (χ1) is 13.0. The Bertz CT molecular complexity index is 874. The van der Waals surface area contributed by atoms with Crippen molar-refractivity contribution in [2.24, 2.45) is 17.8 Å². The van der Waals surface area contributed by atoms with E-state index in [1.165, 1.54) is 11.3 Å². The van der Waals surface area contributed by atoms with E-state index >= 15 is 0 Å². The van der Waals surface area contributed by atoms with Gasteiger partial charge in [0.1, 0.15) is 12.3 Å². The Morgan fingerprint density at radius 1 is 1.15 bits per heavy atom. The summed E-state index contributed by atoms with van der Waals surface area (Å²) in [5.41, 5.74) is 0.990. The van der Waals surface area contributed by atoms with Crippen molar-refractivity contribution in [3.8, 4) is 15.8 Å². The largest absolute Gasteiger partial charge is 0.471 e. The van der Waals surface area contributed by atoms with Crippen molar-refractivity contribution in [3.63, 3.8) is 0 Å². The molecular weight excluding hydrogens is 389 g/mol. The van der Waals surface area contributed by atoms with E-state index in [4.69, 9.17) is 9.26 Å². The highest BCUT2D eigenvalue weighted by Crippen LogP contribution is 2.52. The molecule has 10 heteroatoms. The lowest BCUT2D eigenvalue weighted by molar-refractivity contribution is -0.194. The zero-order valence-corrected chi connectivity index (χ0v) is 16.1. The quantitative estimate of drug-likeness (QED) is 0.726. The molecule has 1 saturated carbocycles. The standard InChI is InChI=1S/C17H20N3O5PS/c21-26(22,23)25-16-13-7-10-6-12(9-20(16)8-10)14(13)24-17-19-18-15(27-17)11-4-2-1-3-5-11/h1-5,10,12-14,16H,6-9H2,(H2,21,22,23)/t10?,12-,13-,14?,16?/m0/s1. The summed E-state index contributed by atoms with van der Waals surface area (Å²) in [6.45, 7) is 1.56. The average molecular weight is 409 g/mol. The van der Waals surface area contributed by atoms with Crippen LogP contribution in [0.2, 0.25) is 0 Å². The molecule has 4 fully saturated rings. The average Bonchev–Trinajstić information content (AvgIpc) is 3.09. The van der Waals surface area contributed by atoms with Gasteiger partial charge in [0.2, 0.25) is 0 Å². The molecule has 0 amide bonds. The van der Waals surface area contributed by atoms with E-state index in [0.717, 1.165) is 36.5 Å². The zero-order chi connectivity index (χ0) is 18.6. The van der Waals surface area contributed by atoms with Crippen molar-refractivity contribution in [2.75, 3.05) is 13.1 Å². The number of aromatic nitrogens is 2. The number of benzene rings is 1. The summed E-state index contributed by atoms with van der Waals surface area (Å²) in [5.74, 6) is 0.788. The molecule has 1 aliphatic carbocycles. The van der Waals surface area contributed by atoms with Gasteiger partial charge in [-0.1, -0.05) is 46.8 Å². The Balaban J connectivity index is 1.37. The molecule has 6 atom stereocenters. The van der Waals surface area contributed by atoms with Gasteiger partial charge in [0.25, 0.3) is 5.19 Å². The van der Waals surface area contributed by atoms with Gasteiger partial charge in [-0.2, -0.15) is 0 Å². The number of nitrogens with zero attached hydrogens (tertiary/aromatic N) is 3. The van der Waals surface area contributed by atoms with E-state index in [0.29, 0.717) is 17.0 Å². The van der Waals surface area contributed by atoms with E-state index < -0.39 is 14.1 Å². The number of phosphoric ester groups is 1. The Kier molecular flexibility index (Phi) is 4.34. The molecule has 0 radical (unpaired) electrons. The summed E-state index contributed by atoms with van der Waals surface area (Å²) < 4.78 is 22.8. The molecule has 6 rings (SSSR count). The maximum absolute atomic E-state index is 11.4. The number of rotatable bonds is 5. The lowest BCUT2D eigenvalue weighted by Crippen LogP contribution is -2.66. The van der Waals surface area contributed by atoms with Crippen molar-refractivity contribution < 1.29 is 23.6 Å². The second-order valence-corrected chi connectivity index (χ2v) is 9.66. The predicted molar refractivity (Wildman–Crippen MR) is 98.0 cm³/mol. The fourth-order valence-electron chi connectivity index (χ4n) is 4.86. The van der Waals surface area contributed by atoms with Crippen LogP contribution < -0.4 is 4.74 Å². The first-order valence-electron chi connectivity index (χ1n) is 9.00. The Morgan fingerprint density at radius 2 is 1.96 bits per heavy atom. The minimum atomic E-state index is -4.56. The van der Waals surface area contributed by atoms with Crippen molar-refractivity contribution >= 4 is 19.2 Å². The van der Waals surface area contributed by atoms with Gasteiger partial charge in [-0.15, -0.1) is 5.10 Å². The van der Waals surface area contributed by atoms with E-state index in [-0.39, 0.29) is 12.0 Å². The van der Waals surface area contributed by atoms with E-state index in [2.05, 4.69) is 15.1 Å². The van der Waals surface area contributed by atoms with Crippen LogP contribution in [0.15, 0.2) is 30.3 Å². The minimum Gasteiger partial charge on any atom is -0.465 e. The summed E-state index contributed by atoms with van der Waals surface area (Å²) >= 11 is 1.39. The van der Waals surface area contributed by atoms with Crippen LogP contribution >= 0.6 is 19.2 Å². The number of hydrogen-bond donors (Lipinski definition) is 2. The SMILES string of the molecule is O=P(O)(O)OC1[C@H]2CC3C[C@@H](CN1C3)C2Oc1nnc(-c2ccccc2)s1. The molecule has 1 aromatic heterocycles. The summed E-state index contributed by atoms with van der Waals surface area (Å²) in [7, 11) is -4.56. The molecule has 27 heavy (non-hydrogen) atoms. The Labute approximate surface area is 160 Å². The number of piperidine rings is 3. The zero-order valence-electron chi connectivity index (χ0n) is 14.4. The molecule has 144 valence electrons. The van der Waals surface area contributed by atoms with Crippen LogP contribution in [0.3, 0.4) is 0 Å².